The number of allylic oxidation sites excluding steroid dienone is 4. The van der Waals surface area contributed by atoms with Crippen molar-refractivity contribution in [2.75, 3.05) is 0 Å². The molecule has 0 bridgehead atoms. The number of hydrogen-bond donors (Lipinski definition) is 1. The summed E-state index contributed by atoms with van der Waals surface area (Å²) in [5.74, 6) is 0.150. The second-order valence-electron chi connectivity index (χ2n) is 9.44. The van der Waals surface area contributed by atoms with E-state index in [1.807, 2.05) is 32.9 Å². The van der Waals surface area contributed by atoms with Crippen LogP contribution in [0.2, 0.25) is 5.02 Å². The lowest BCUT2D eigenvalue weighted by atomic mass is 9.56. The molecule has 0 heterocycles. The maximum absolute atomic E-state index is 10.3. The molecule has 5 nitrogen and oxygen atoms in total. The van der Waals surface area contributed by atoms with Gasteiger partial charge in [0.25, 0.3) is 0 Å². The number of halogens is 1. The van der Waals surface area contributed by atoms with Crippen LogP contribution in [-0.2, 0) is 6.61 Å². The van der Waals surface area contributed by atoms with Crippen LogP contribution >= 0.6 is 11.6 Å². The fourth-order valence-corrected chi connectivity index (χ4v) is 5.78. The topological polar surface area (TPSA) is 107 Å². The molecule has 0 saturated carbocycles. The highest BCUT2D eigenvalue weighted by atomic mass is 35.5. The van der Waals surface area contributed by atoms with E-state index in [1.165, 1.54) is 0 Å². The van der Waals surface area contributed by atoms with Gasteiger partial charge in [-0.25, -0.2) is 0 Å². The van der Waals surface area contributed by atoms with Crippen LogP contribution in [0.15, 0.2) is 53.3 Å². The van der Waals surface area contributed by atoms with Crippen molar-refractivity contribution in [1.82, 2.24) is 0 Å². The van der Waals surface area contributed by atoms with Gasteiger partial charge in [-0.15, -0.1) is 0 Å². The van der Waals surface area contributed by atoms with E-state index in [1.54, 1.807) is 6.07 Å². The Balaban J connectivity index is 1.83. The van der Waals surface area contributed by atoms with E-state index < -0.39 is 11.3 Å². The first-order valence-corrected chi connectivity index (χ1v) is 12.1. The van der Waals surface area contributed by atoms with E-state index >= 15 is 0 Å². The first kappa shape index (κ1) is 24.4. The number of nitrogens with two attached hydrogens (primary N) is 1. The Kier molecular flexibility index (Phi) is 6.62. The van der Waals surface area contributed by atoms with Gasteiger partial charge in [0.05, 0.1) is 23.4 Å². The molecule has 2 aromatic rings. The number of hydrogen-bond acceptors (Lipinski definition) is 5. The molecule has 2 N–H and O–H groups in total. The van der Waals surface area contributed by atoms with Gasteiger partial charge >= 0.3 is 0 Å². The summed E-state index contributed by atoms with van der Waals surface area (Å²) in [5, 5.41) is 31.1. The van der Waals surface area contributed by atoms with Crippen molar-refractivity contribution in [2.24, 2.45) is 17.1 Å². The molecule has 2 aromatic carbocycles. The van der Waals surface area contributed by atoms with Gasteiger partial charge in [-0.05, 0) is 97.5 Å². The van der Waals surface area contributed by atoms with Gasteiger partial charge in [0, 0.05) is 10.9 Å². The molecule has 2 aliphatic rings. The molecule has 35 heavy (non-hydrogen) atoms. The zero-order valence-electron chi connectivity index (χ0n) is 20.2. The number of benzene rings is 2. The van der Waals surface area contributed by atoms with Crippen LogP contribution < -0.4 is 10.5 Å². The summed E-state index contributed by atoms with van der Waals surface area (Å²) in [6, 6.07) is 16.3. The first-order valence-electron chi connectivity index (χ1n) is 11.7. The lowest BCUT2D eigenvalue weighted by Crippen LogP contribution is -2.43. The van der Waals surface area contributed by atoms with Crippen LogP contribution in [0.25, 0.3) is 0 Å². The maximum atomic E-state index is 10.3. The molecule has 0 radical (unpaired) electrons. The van der Waals surface area contributed by atoms with Crippen LogP contribution in [0.5, 0.6) is 5.75 Å². The summed E-state index contributed by atoms with van der Waals surface area (Å²) in [5.41, 5.74) is 10.9. The van der Waals surface area contributed by atoms with E-state index in [0.29, 0.717) is 17.2 Å². The average Bonchev–Trinajstić information content (AvgIpc) is 2.84. The summed E-state index contributed by atoms with van der Waals surface area (Å²) in [6.45, 7) is 6.31. The zero-order chi connectivity index (χ0) is 25.3. The van der Waals surface area contributed by atoms with Crippen molar-refractivity contribution in [3.05, 3.63) is 86.1 Å². The van der Waals surface area contributed by atoms with Crippen LogP contribution in [0.1, 0.15) is 53.0 Å². The van der Waals surface area contributed by atoms with Gasteiger partial charge < -0.3 is 10.5 Å². The minimum absolute atomic E-state index is 0.0639. The number of nitriles is 3. The van der Waals surface area contributed by atoms with Crippen molar-refractivity contribution in [3.63, 3.8) is 0 Å². The van der Waals surface area contributed by atoms with Crippen LogP contribution in [-0.4, -0.2) is 0 Å². The molecule has 0 saturated heterocycles. The molecule has 0 spiro atoms. The number of aryl methyl sites for hydroxylation is 3. The van der Waals surface area contributed by atoms with Crippen molar-refractivity contribution in [1.29, 1.82) is 15.8 Å². The summed E-state index contributed by atoms with van der Waals surface area (Å²) in [6.07, 6.45) is 4.65. The second kappa shape index (κ2) is 9.50. The van der Waals surface area contributed by atoms with E-state index in [4.69, 9.17) is 22.1 Å². The lowest BCUT2D eigenvalue weighted by Gasteiger charge is -2.44. The summed E-state index contributed by atoms with van der Waals surface area (Å²) in [7, 11) is 0. The molecule has 6 heteroatoms. The second-order valence-corrected chi connectivity index (χ2v) is 9.88. The molecular formula is C29H27ClN4O. The quantitative estimate of drug-likeness (QED) is 0.539. The Labute approximate surface area is 211 Å². The van der Waals surface area contributed by atoms with Crippen molar-refractivity contribution >= 4 is 11.6 Å². The molecule has 4 rings (SSSR count). The van der Waals surface area contributed by atoms with Gasteiger partial charge in [0.15, 0.2) is 5.41 Å². The van der Waals surface area contributed by atoms with Gasteiger partial charge in [-0.1, -0.05) is 29.8 Å². The monoisotopic (exact) mass is 482 g/mol. The predicted octanol–water partition coefficient (Wildman–Crippen LogP) is 6.44. The lowest BCUT2D eigenvalue weighted by molar-refractivity contribution is 0.300. The fraction of sp³-hybridized carbons (Fsp3) is 0.345. The highest BCUT2D eigenvalue weighted by molar-refractivity contribution is 6.30. The third kappa shape index (κ3) is 4.05. The van der Waals surface area contributed by atoms with Gasteiger partial charge in [0.2, 0.25) is 0 Å². The largest absolute Gasteiger partial charge is 0.489 e. The molecular weight excluding hydrogens is 456 g/mol. The number of nitrogens with zero attached hydrogens (tertiary/aromatic N) is 3. The Morgan fingerprint density at radius 2 is 1.80 bits per heavy atom. The molecule has 2 atom stereocenters. The third-order valence-corrected chi connectivity index (χ3v) is 7.61. The Morgan fingerprint density at radius 1 is 1.06 bits per heavy atom. The fourth-order valence-electron chi connectivity index (χ4n) is 5.55. The molecule has 176 valence electrons. The summed E-state index contributed by atoms with van der Waals surface area (Å²) >= 11 is 6.08. The normalized spacial score (nSPS) is 20.7. The summed E-state index contributed by atoms with van der Waals surface area (Å²) < 4.78 is 6.13. The predicted molar refractivity (Wildman–Crippen MR) is 135 cm³/mol. The molecule has 0 unspecified atom stereocenters. The van der Waals surface area contributed by atoms with E-state index in [9.17, 15) is 15.8 Å². The number of ether oxygens (including phenoxy) is 1. The average molecular weight is 483 g/mol. The molecule has 0 aliphatic heterocycles. The van der Waals surface area contributed by atoms with Crippen LogP contribution in [0.3, 0.4) is 0 Å². The smallest absolute Gasteiger partial charge is 0.191 e. The summed E-state index contributed by atoms with van der Waals surface area (Å²) in [4.78, 5) is 0. The minimum atomic E-state index is -1.62. The molecule has 2 aliphatic carbocycles. The highest BCUT2D eigenvalue weighted by Gasteiger charge is 2.54. The van der Waals surface area contributed by atoms with Crippen molar-refractivity contribution in [2.45, 2.75) is 52.6 Å². The Morgan fingerprint density at radius 3 is 2.46 bits per heavy atom. The SMILES string of the molecule is Cc1cc(C)c([C@@H]2[C@H]3CCCC=C3C(C#N)=C(N)C2(C#N)C#N)cc1COc1ccc(Cl)cc1C. The van der Waals surface area contributed by atoms with Gasteiger partial charge in [-0.2, -0.15) is 15.8 Å². The van der Waals surface area contributed by atoms with E-state index in [2.05, 4.69) is 36.4 Å². The van der Waals surface area contributed by atoms with Crippen molar-refractivity contribution in [3.8, 4) is 24.0 Å². The first-order chi connectivity index (χ1) is 16.8. The van der Waals surface area contributed by atoms with E-state index in [-0.39, 0.29) is 11.6 Å². The van der Waals surface area contributed by atoms with Crippen LogP contribution in [0.4, 0.5) is 0 Å². The highest BCUT2D eigenvalue weighted by Crippen LogP contribution is 2.56. The van der Waals surface area contributed by atoms with Gasteiger partial charge in [-0.3, -0.25) is 0 Å². The van der Waals surface area contributed by atoms with Crippen molar-refractivity contribution < 1.29 is 4.74 Å². The van der Waals surface area contributed by atoms with Gasteiger partial charge in [0.1, 0.15) is 18.4 Å². The Bertz CT molecular complexity index is 1370. The molecule has 0 aromatic heterocycles. The maximum Gasteiger partial charge on any atom is 0.191 e. The third-order valence-electron chi connectivity index (χ3n) is 7.38. The molecule has 0 fully saturated rings. The molecule has 0 amide bonds. The Hall–Kier alpha value is -3.72. The zero-order valence-corrected chi connectivity index (χ0v) is 20.9. The van der Waals surface area contributed by atoms with Crippen LogP contribution in [0, 0.1) is 66.1 Å². The minimum Gasteiger partial charge on any atom is -0.489 e. The van der Waals surface area contributed by atoms with E-state index in [0.717, 1.165) is 58.4 Å². The number of fused-ring (bicyclic) bond motifs is 1. The standard InChI is InChI=1S/C29H27ClN4O/c1-17-10-18(2)24(12-20(17)14-35-26-9-8-21(30)11-19(26)3)27-23-7-5-4-6-22(23)25(13-31)28(34)29(27,15-32)16-33/h6,8-12,23,27H,4-5,7,14,34H2,1-3H3/t23-,27-/m0/s1. The number of rotatable bonds is 4.